The van der Waals surface area contributed by atoms with Crippen molar-refractivity contribution >= 4 is 22.6 Å². The third kappa shape index (κ3) is 4.31. The standard InChI is InChI=1S/C25H27N5O3/c26-9-3-4-10-33-19-8-7-16-14-30(15-17(16)11-19)25(32)21-12-20-22(13-23(21)31)28-29-24(20)27-18-5-1-2-6-18/h7-8,11-13,18,31H,1-6,10,14-15H2,(H2,27,28,29). The molecule has 0 atom stereocenters. The number of aromatic nitrogens is 2. The first kappa shape index (κ1) is 21.1. The van der Waals surface area contributed by atoms with Crippen LogP contribution in [0.5, 0.6) is 11.5 Å². The normalized spacial score (nSPS) is 15.5. The number of rotatable bonds is 7. The average molecular weight is 446 g/mol. The molecule has 5 rings (SSSR count). The van der Waals surface area contributed by atoms with Crippen molar-refractivity contribution < 1.29 is 14.6 Å². The van der Waals surface area contributed by atoms with Crippen molar-refractivity contribution in [2.45, 2.75) is 57.7 Å². The summed E-state index contributed by atoms with van der Waals surface area (Å²) in [4.78, 5) is 15.1. The van der Waals surface area contributed by atoms with E-state index in [1.54, 1.807) is 17.0 Å². The number of carbonyl (C=O) groups is 1. The van der Waals surface area contributed by atoms with Gasteiger partial charge in [0, 0.05) is 37.0 Å². The lowest BCUT2D eigenvalue weighted by Gasteiger charge is -2.17. The van der Waals surface area contributed by atoms with E-state index in [-0.39, 0.29) is 17.2 Å². The highest BCUT2D eigenvalue weighted by atomic mass is 16.5. The van der Waals surface area contributed by atoms with Gasteiger partial charge in [0.05, 0.1) is 23.8 Å². The fraction of sp³-hybridized carbons (Fsp3) is 0.400. The van der Waals surface area contributed by atoms with Gasteiger partial charge >= 0.3 is 0 Å². The van der Waals surface area contributed by atoms with E-state index in [0.29, 0.717) is 44.1 Å². The van der Waals surface area contributed by atoms with Gasteiger partial charge in [-0.1, -0.05) is 18.9 Å². The molecule has 170 valence electrons. The zero-order chi connectivity index (χ0) is 22.8. The Kier molecular flexibility index (Phi) is 5.78. The average Bonchev–Trinajstić information content (AvgIpc) is 3.56. The van der Waals surface area contributed by atoms with Crippen LogP contribution in [-0.2, 0) is 13.1 Å². The number of carbonyl (C=O) groups excluding carboxylic acids is 1. The molecular formula is C25H27N5O3. The van der Waals surface area contributed by atoms with E-state index in [4.69, 9.17) is 10.00 Å². The molecule has 1 aromatic heterocycles. The number of benzene rings is 2. The second kappa shape index (κ2) is 9.02. The lowest BCUT2D eigenvalue weighted by molar-refractivity contribution is 0.0748. The molecule has 33 heavy (non-hydrogen) atoms. The molecule has 2 aromatic carbocycles. The number of hydrogen-bond acceptors (Lipinski definition) is 6. The van der Waals surface area contributed by atoms with Crippen molar-refractivity contribution in [3.05, 3.63) is 47.0 Å². The van der Waals surface area contributed by atoms with Crippen LogP contribution in [0.4, 0.5) is 5.82 Å². The fourth-order valence-electron chi connectivity index (χ4n) is 4.71. The number of nitriles is 1. The monoisotopic (exact) mass is 445 g/mol. The van der Waals surface area contributed by atoms with Crippen LogP contribution < -0.4 is 10.1 Å². The number of aromatic hydroxyl groups is 1. The SMILES string of the molecule is N#CCCCOc1ccc2c(c1)CN(C(=O)c1cc3c(NC4CCCC4)n[nH]c3cc1O)C2. The van der Waals surface area contributed by atoms with Gasteiger partial charge in [0.1, 0.15) is 11.5 Å². The summed E-state index contributed by atoms with van der Waals surface area (Å²) < 4.78 is 5.73. The highest BCUT2D eigenvalue weighted by molar-refractivity contribution is 6.03. The number of nitrogens with one attached hydrogen (secondary N) is 2. The minimum absolute atomic E-state index is 0.0546. The molecule has 3 aromatic rings. The van der Waals surface area contributed by atoms with E-state index in [2.05, 4.69) is 21.6 Å². The highest BCUT2D eigenvalue weighted by Gasteiger charge is 2.27. The molecule has 1 aliphatic carbocycles. The largest absolute Gasteiger partial charge is 0.507 e. The van der Waals surface area contributed by atoms with Gasteiger partial charge in [0.25, 0.3) is 5.91 Å². The van der Waals surface area contributed by atoms with Gasteiger partial charge in [-0.15, -0.1) is 0 Å². The Morgan fingerprint density at radius 3 is 2.88 bits per heavy atom. The van der Waals surface area contributed by atoms with Gasteiger partial charge in [-0.3, -0.25) is 9.89 Å². The van der Waals surface area contributed by atoms with E-state index in [0.717, 1.165) is 40.9 Å². The number of phenolic OH excluding ortho intramolecular Hbond substituents is 1. The zero-order valence-electron chi connectivity index (χ0n) is 18.4. The van der Waals surface area contributed by atoms with Gasteiger partial charge < -0.3 is 20.1 Å². The van der Waals surface area contributed by atoms with Crippen molar-refractivity contribution in [1.82, 2.24) is 15.1 Å². The molecule has 3 N–H and O–H groups in total. The predicted octanol–water partition coefficient (Wildman–Crippen LogP) is 4.46. The summed E-state index contributed by atoms with van der Waals surface area (Å²) in [5, 5.41) is 30.8. The molecule has 0 unspecified atom stereocenters. The Bertz CT molecular complexity index is 1220. The molecule has 0 spiro atoms. The molecule has 1 amide bonds. The smallest absolute Gasteiger partial charge is 0.258 e. The maximum Gasteiger partial charge on any atom is 0.258 e. The van der Waals surface area contributed by atoms with E-state index in [9.17, 15) is 9.90 Å². The van der Waals surface area contributed by atoms with Crippen LogP contribution in [0.15, 0.2) is 30.3 Å². The van der Waals surface area contributed by atoms with Crippen LogP contribution >= 0.6 is 0 Å². The van der Waals surface area contributed by atoms with Crippen LogP contribution in [0.1, 0.15) is 60.0 Å². The molecule has 1 aliphatic heterocycles. The third-order valence-electron chi connectivity index (χ3n) is 6.49. The van der Waals surface area contributed by atoms with Crippen LogP contribution in [0, 0.1) is 11.3 Å². The second-order valence-electron chi connectivity index (χ2n) is 8.81. The third-order valence-corrected chi connectivity index (χ3v) is 6.49. The Hall–Kier alpha value is -3.73. The Balaban J connectivity index is 1.32. The van der Waals surface area contributed by atoms with Crippen molar-refractivity contribution in [2.75, 3.05) is 11.9 Å². The molecule has 0 saturated heterocycles. The number of nitrogens with zero attached hydrogens (tertiary/aromatic N) is 3. The van der Waals surface area contributed by atoms with Crippen molar-refractivity contribution in [3.63, 3.8) is 0 Å². The van der Waals surface area contributed by atoms with Gasteiger partial charge in [-0.2, -0.15) is 10.4 Å². The van der Waals surface area contributed by atoms with E-state index in [1.165, 1.54) is 12.8 Å². The molecule has 8 heteroatoms. The van der Waals surface area contributed by atoms with Crippen LogP contribution in [0.2, 0.25) is 0 Å². The molecule has 1 fully saturated rings. The number of hydrogen-bond donors (Lipinski definition) is 3. The summed E-state index contributed by atoms with van der Waals surface area (Å²) in [7, 11) is 0. The molecule has 2 heterocycles. The maximum atomic E-state index is 13.3. The van der Waals surface area contributed by atoms with Gasteiger partial charge in [-0.25, -0.2) is 0 Å². The Labute approximate surface area is 192 Å². The molecule has 0 bridgehead atoms. The first-order chi connectivity index (χ1) is 16.1. The van der Waals surface area contributed by atoms with Crippen LogP contribution in [0.25, 0.3) is 10.9 Å². The lowest BCUT2D eigenvalue weighted by atomic mass is 10.1. The molecule has 1 saturated carbocycles. The van der Waals surface area contributed by atoms with Crippen molar-refractivity contribution in [1.29, 1.82) is 5.26 Å². The van der Waals surface area contributed by atoms with Crippen LogP contribution in [0.3, 0.4) is 0 Å². The minimum Gasteiger partial charge on any atom is -0.507 e. The van der Waals surface area contributed by atoms with E-state index < -0.39 is 0 Å². The number of phenols is 1. The Morgan fingerprint density at radius 2 is 2.06 bits per heavy atom. The number of aromatic amines is 1. The predicted molar refractivity (Wildman–Crippen MR) is 124 cm³/mol. The van der Waals surface area contributed by atoms with Crippen molar-refractivity contribution in [3.8, 4) is 17.6 Å². The summed E-state index contributed by atoms with van der Waals surface area (Å²) >= 11 is 0. The molecule has 8 nitrogen and oxygen atoms in total. The minimum atomic E-state index is -0.213. The number of fused-ring (bicyclic) bond motifs is 2. The van der Waals surface area contributed by atoms with E-state index in [1.807, 2.05) is 18.2 Å². The summed E-state index contributed by atoms with van der Waals surface area (Å²) in [6.07, 6.45) is 5.82. The van der Waals surface area contributed by atoms with E-state index >= 15 is 0 Å². The summed E-state index contributed by atoms with van der Waals surface area (Å²) in [5.41, 5.74) is 3.08. The molecule has 2 aliphatic rings. The van der Waals surface area contributed by atoms with Crippen LogP contribution in [-0.4, -0.2) is 38.8 Å². The number of amides is 1. The van der Waals surface area contributed by atoms with Crippen molar-refractivity contribution in [2.24, 2.45) is 0 Å². The maximum absolute atomic E-state index is 13.3. The quantitative estimate of drug-likeness (QED) is 0.463. The van der Waals surface area contributed by atoms with Gasteiger partial charge in [0.15, 0.2) is 5.82 Å². The molecule has 0 radical (unpaired) electrons. The number of unbranched alkanes of at least 4 members (excludes halogenated alkanes) is 1. The lowest BCUT2D eigenvalue weighted by Crippen LogP contribution is -2.25. The summed E-state index contributed by atoms with van der Waals surface area (Å²) in [6, 6.07) is 11.7. The first-order valence-corrected chi connectivity index (χ1v) is 11.5. The number of H-pyrrole nitrogens is 1. The highest BCUT2D eigenvalue weighted by Crippen LogP contribution is 2.33. The first-order valence-electron chi connectivity index (χ1n) is 11.5. The van der Waals surface area contributed by atoms with Gasteiger partial charge in [0.2, 0.25) is 0 Å². The summed E-state index contributed by atoms with van der Waals surface area (Å²) in [6.45, 7) is 1.43. The second-order valence-corrected chi connectivity index (χ2v) is 8.81. The number of ether oxygens (including phenoxy) is 1. The molecular weight excluding hydrogens is 418 g/mol. The fourth-order valence-corrected chi connectivity index (χ4v) is 4.71. The number of anilines is 1. The summed E-state index contributed by atoms with van der Waals surface area (Å²) in [5.74, 6) is 1.20. The van der Waals surface area contributed by atoms with Gasteiger partial charge in [-0.05, 0) is 48.6 Å². The topological polar surface area (TPSA) is 114 Å². The Morgan fingerprint density at radius 1 is 1.24 bits per heavy atom. The zero-order valence-corrected chi connectivity index (χ0v) is 18.4.